The molecule has 1 saturated heterocycles. The van der Waals surface area contributed by atoms with E-state index in [2.05, 4.69) is 5.32 Å². The molecule has 0 spiro atoms. The van der Waals surface area contributed by atoms with Crippen LogP contribution in [0, 0.1) is 0 Å². The van der Waals surface area contributed by atoms with Crippen LogP contribution in [0.25, 0.3) is 6.08 Å². The van der Waals surface area contributed by atoms with Crippen molar-refractivity contribution in [1.29, 1.82) is 0 Å². The van der Waals surface area contributed by atoms with Crippen molar-refractivity contribution < 1.29 is 14.7 Å². The van der Waals surface area contributed by atoms with Gasteiger partial charge in [-0.1, -0.05) is 24.6 Å². The van der Waals surface area contributed by atoms with Gasteiger partial charge in [0.25, 0.3) is 0 Å². The zero-order valence-electron chi connectivity index (χ0n) is 16.3. The Kier molecular flexibility index (Phi) is 7.61. The Bertz CT molecular complexity index is 746. The summed E-state index contributed by atoms with van der Waals surface area (Å²) in [6.45, 7) is 4.67. The highest BCUT2D eigenvalue weighted by atomic mass is 16.3. The van der Waals surface area contributed by atoms with E-state index >= 15 is 0 Å². The second-order valence-electron chi connectivity index (χ2n) is 6.75. The Labute approximate surface area is 160 Å². The van der Waals surface area contributed by atoms with Crippen molar-refractivity contribution in [3.05, 3.63) is 53.9 Å². The standard InChI is InChI=1S/C21H29N3O3/c1-4-16(5-2)6-8-20(26)22-18-11-13-24(15-19(18)25)21(27)9-7-17-10-12-23(3)14-17/h4,6-10,12,14,18-19,25H,5,11,13,15H2,1-3H3,(H,22,26)/b8-6+,9-7+,16-4-. The van der Waals surface area contributed by atoms with Crippen LogP contribution in [0.15, 0.2) is 48.3 Å². The van der Waals surface area contributed by atoms with Gasteiger partial charge in [-0.15, -0.1) is 0 Å². The largest absolute Gasteiger partial charge is 0.389 e. The molecule has 2 amide bonds. The number of rotatable bonds is 6. The van der Waals surface area contributed by atoms with E-state index in [9.17, 15) is 14.7 Å². The van der Waals surface area contributed by atoms with Gasteiger partial charge in [0.1, 0.15) is 0 Å². The number of carbonyl (C=O) groups is 2. The van der Waals surface area contributed by atoms with Crippen LogP contribution in [-0.4, -0.2) is 51.6 Å². The second-order valence-corrected chi connectivity index (χ2v) is 6.75. The minimum atomic E-state index is -0.780. The molecule has 0 aliphatic carbocycles. The third kappa shape index (κ3) is 6.25. The van der Waals surface area contributed by atoms with E-state index in [1.54, 1.807) is 17.1 Å². The first-order chi connectivity index (χ1) is 12.9. The summed E-state index contributed by atoms with van der Waals surface area (Å²) in [5, 5.41) is 13.2. The SMILES string of the molecule is C/C=C(\C=C\C(=O)NC1CCN(C(=O)/C=C/c2ccn(C)c2)CC1O)CC. The molecule has 2 atom stereocenters. The Hall–Kier alpha value is -2.60. The summed E-state index contributed by atoms with van der Waals surface area (Å²) in [5.41, 5.74) is 2.03. The molecule has 2 N–H and O–H groups in total. The van der Waals surface area contributed by atoms with Crippen molar-refractivity contribution >= 4 is 17.9 Å². The first-order valence-corrected chi connectivity index (χ1v) is 9.33. The number of piperidine rings is 1. The van der Waals surface area contributed by atoms with Gasteiger partial charge in [0.15, 0.2) is 0 Å². The van der Waals surface area contributed by atoms with Crippen LogP contribution in [0.3, 0.4) is 0 Å². The highest BCUT2D eigenvalue weighted by Crippen LogP contribution is 2.13. The highest BCUT2D eigenvalue weighted by Gasteiger charge is 2.30. The lowest BCUT2D eigenvalue weighted by Gasteiger charge is -2.35. The molecule has 1 fully saturated rings. The number of hydrogen-bond acceptors (Lipinski definition) is 3. The first kappa shape index (κ1) is 20.7. The lowest BCUT2D eigenvalue weighted by atomic mass is 10.0. The number of aryl methyl sites for hydroxylation is 1. The molecular formula is C21H29N3O3. The van der Waals surface area contributed by atoms with Gasteiger partial charge in [0, 0.05) is 44.7 Å². The van der Waals surface area contributed by atoms with E-state index in [0.717, 1.165) is 17.6 Å². The molecular weight excluding hydrogens is 342 g/mol. The molecule has 27 heavy (non-hydrogen) atoms. The molecule has 1 aromatic rings. The minimum Gasteiger partial charge on any atom is -0.389 e. The number of hydrogen-bond donors (Lipinski definition) is 2. The number of aliphatic hydroxyl groups is 1. The number of allylic oxidation sites excluding steroid dienone is 3. The van der Waals surface area contributed by atoms with E-state index in [0.29, 0.717) is 13.0 Å². The predicted molar refractivity (Wildman–Crippen MR) is 107 cm³/mol. The summed E-state index contributed by atoms with van der Waals surface area (Å²) in [7, 11) is 1.92. The maximum Gasteiger partial charge on any atom is 0.246 e. The molecule has 2 unspecified atom stereocenters. The number of likely N-dealkylation sites (tertiary alicyclic amines) is 1. The summed E-state index contributed by atoms with van der Waals surface area (Å²) in [4.78, 5) is 26.0. The Balaban J connectivity index is 1.85. The zero-order chi connectivity index (χ0) is 19.8. The molecule has 0 saturated carbocycles. The van der Waals surface area contributed by atoms with Gasteiger partial charge in [-0.2, -0.15) is 0 Å². The highest BCUT2D eigenvalue weighted by molar-refractivity contribution is 5.92. The van der Waals surface area contributed by atoms with Gasteiger partial charge in [0.05, 0.1) is 12.1 Å². The number of β-amino-alcohol motifs (C(OH)–C–C–N with tert-alkyl or cyclic N) is 1. The fraction of sp³-hybridized carbons (Fsp3) is 0.429. The lowest BCUT2D eigenvalue weighted by molar-refractivity contribution is -0.130. The maximum absolute atomic E-state index is 12.3. The van der Waals surface area contributed by atoms with Crippen LogP contribution < -0.4 is 5.32 Å². The number of amides is 2. The van der Waals surface area contributed by atoms with E-state index in [1.807, 2.05) is 50.0 Å². The lowest BCUT2D eigenvalue weighted by Crippen LogP contribution is -2.54. The monoisotopic (exact) mass is 371 g/mol. The van der Waals surface area contributed by atoms with Crippen LogP contribution in [0.1, 0.15) is 32.3 Å². The smallest absolute Gasteiger partial charge is 0.246 e. The zero-order valence-corrected chi connectivity index (χ0v) is 16.3. The van der Waals surface area contributed by atoms with Crippen molar-refractivity contribution in [2.24, 2.45) is 7.05 Å². The number of nitrogens with one attached hydrogen (secondary N) is 1. The molecule has 6 heteroatoms. The third-order valence-corrected chi connectivity index (χ3v) is 4.72. The molecule has 0 aromatic carbocycles. The fourth-order valence-corrected chi connectivity index (χ4v) is 3.03. The Morgan fingerprint density at radius 3 is 2.70 bits per heavy atom. The fourth-order valence-electron chi connectivity index (χ4n) is 3.03. The number of aliphatic hydroxyl groups excluding tert-OH is 1. The first-order valence-electron chi connectivity index (χ1n) is 9.33. The van der Waals surface area contributed by atoms with Crippen molar-refractivity contribution in [3.8, 4) is 0 Å². The van der Waals surface area contributed by atoms with Crippen molar-refractivity contribution in [1.82, 2.24) is 14.8 Å². The Morgan fingerprint density at radius 1 is 1.33 bits per heavy atom. The number of aromatic nitrogens is 1. The normalized spacial score (nSPS) is 21.2. The Morgan fingerprint density at radius 2 is 2.11 bits per heavy atom. The third-order valence-electron chi connectivity index (χ3n) is 4.72. The molecule has 1 aromatic heterocycles. The summed E-state index contributed by atoms with van der Waals surface area (Å²) in [6, 6.07) is 1.57. The molecule has 1 aliphatic rings. The van der Waals surface area contributed by atoms with E-state index in [4.69, 9.17) is 0 Å². The second kappa shape index (κ2) is 9.92. The van der Waals surface area contributed by atoms with Crippen molar-refractivity contribution in [2.75, 3.05) is 13.1 Å². The maximum atomic E-state index is 12.3. The quantitative estimate of drug-likeness (QED) is 0.594. The van der Waals surface area contributed by atoms with Gasteiger partial charge in [0.2, 0.25) is 11.8 Å². The molecule has 0 bridgehead atoms. The average molecular weight is 371 g/mol. The summed E-state index contributed by atoms with van der Waals surface area (Å²) >= 11 is 0. The van der Waals surface area contributed by atoms with Crippen LogP contribution in [0.5, 0.6) is 0 Å². The van der Waals surface area contributed by atoms with Gasteiger partial charge in [-0.25, -0.2) is 0 Å². The van der Waals surface area contributed by atoms with E-state index < -0.39 is 6.10 Å². The number of nitrogens with zero attached hydrogens (tertiary/aromatic N) is 2. The van der Waals surface area contributed by atoms with Gasteiger partial charge in [-0.05, 0) is 37.5 Å². The molecule has 1 aliphatic heterocycles. The molecule has 146 valence electrons. The van der Waals surface area contributed by atoms with Crippen LogP contribution >= 0.6 is 0 Å². The van der Waals surface area contributed by atoms with Crippen LogP contribution in [0.2, 0.25) is 0 Å². The van der Waals surface area contributed by atoms with E-state index in [1.165, 1.54) is 12.2 Å². The van der Waals surface area contributed by atoms with Gasteiger partial charge in [-0.3, -0.25) is 9.59 Å². The topological polar surface area (TPSA) is 74.6 Å². The summed E-state index contributed by atoms with van der Waals surface area (Å²) in [5.74, 6) is -0.362. The van der Waals surface area contributed by atoms with Gasteiger partial charge < -0.3 is 19.9 Å². The number of carbonyl (C=O) groups excluding carboxylic acids is 2. The predicted octanol–water partition coefficient (Wildman–Crippen LogP) is 2.03. The van der Waals surface area contributed by atoms with Crippen molar-refractivity contribution in [2.45, 2.75) is 38.8 Å². The van der Waals surface area contributed by atoms with Crippen molar-refractivity contribution in [3.63, 3.8) is 0 Å². The molecule has 2 heterocycles. The molecule has 6 nitrogen and oxygen atoms in total. The van der Waals surface area contributed by atoms with Crippen LogP contribution in [-0.2, 0) is 16.6 Å². The summed E-state index contributed by atoms with van der Waals surface area (Å²) in [6.07, 6.45) is 13.0. The molecule has 2 rings (SSSR count). The molecule has 0 radical (unpaired) electrons. The van der Waals surface area contributed by atoms with Crippen LogP contribution in [0.4, 0.5) is 0 Å². The average Bonchev–Trinajstić information content (AvgIpc) is 3.07. The summed E-state index contributed by atoms with van der Waals surface area (Å²) < 4.78 is 1.91. The van der Waals surface area contributed by atoms with E-state index in [-0.39, 0.29) is 24.4 Å². The minimum absolute atomic E-state index is 0.136. The van der Waals surface area contributed by atoms with Gasteiger partial charge >= 0.3 is 0 Å².